The van der Waals surface area contributed by atoms with Crippen LogP contribution in [-0.4, -0.2) is 20.6 Å². The molecule has 0 aliphatic heterocycles. The first kappa shape index (κ1) is 11.4. The summed E-state index contributed by atoms with van der Waals surface area (Å²) in [6.07, 6.45) is 3.62. The van der Waals surface area contributed by atoms with Gasteiger partial charge in [0.25, 0.3) is 0 Å². The molecular formula is C13H14N2O2. The first-order chi connectivity index (χ1) is 8.22. The van der Waals surface area contributed by atoms with Crippen molar-refractivity contribution in [1.82, 2.24) is 9.55 Å². The van der Waals surface area contributed by atoms with E-state index >= 15 is 0 Å². The lowest BCUT2D eigenvalue weighted by Crippen LogP contribution is -2.01. The van der Waals surface area contributed by atoms with Gasteiger partial charge in [0.2, 0.25) is 0 Å². The number of nitrogens with zero attached hydrogens (tertiary/aromatic N) is 2. The molecule has 0 spiro atoms. The molecule has 0 aliphatic carbocycles. The third-order valence-corrected chi connectivity index (χ3v) is 2.60. The lowest BCUT2D eigenvalue weighted by atomic mass is 10.3. The molecule has 1 aromatic carbocycles. The maximum atomic E-state index is 10.4. The summed E-state index contributed by atoms with van der Waals surface area (Å²) in [7, 11) is 0. The number of imidazole rings is 1. The Morgan fingerprint density at radius 1 is 1.47 bits per heavy atom. The van der Waals surface area contributed by atoms with E-state index in [1.165, 1.54) is 0 Å². The first-order valence-corrected chi connectivity index (χ1v) is 5.56. The van der Waals surface area contributed by atoms with E-state index in [0.717, 1.165) is 29.4 Å². The molecule has 17 heavy (non-hydrogen) atoms. The minimum Gasteiger partial charge on any atom is -0.478 e. The second-order valence-electron chi connectivity index (χ2n) is 3.72. The van der Waals surface area contributed by atoms with Gasteiger partial charge in [-0.1, -0.05) is 25.1 Å². The Bertz CT molecular complexity index is 570. The number of benzene rings is 1. The Kier molecular flexibility index (Phi) is 3.23. The highest BCUT2D eigenvalue weighted by atomic mass is 16.4. The van der Waals surface area contributed by atoms with E-state index < -0.39 is 5.97 Å². The van der Waals surface area contributed by atoms with Crippen LogP contribution in [0.2, 0.25) is 0 Å². The molecule has 0 saturated heterocycles. The molecule has 0 saturated carbocycles. The van der Waals surface area contributed by atoms with Crippen molar-refractivity contribution in [3.8, 4) is 0 Å². The predicted octanol–water partition coefficient (Wildman–Crippen LogP) is 2.24. The van der Waals surface area contributed by atoms with Gasteiger partial charge in [-0.3, -0.25) is 0 Å². The number of aryl methyl sites for hydroxylation is 1. The van der Waals surface area contributed by atoms with Gasteiger partial charge in [0.15, 0.2) is 0 Å². The smallest absolute Gasteiger partial charge is 0.328 e. The molecule has 0 fully saturated rings. The van der Waals surface area contributed by atoms with Gasteiger partial charge in [-0.2, -0.15) is 0 Å². The van der Waals surface area contributed by atoms with Crippen molar-refractivity contribution in [2.24, 2.45) is 0 Å². The molecule has 1 aromatic heterocycles. The molecule has 88 valence electrons. The third-order valence-electron chi connectivity index (χ3n) is 2.60. The Morgan fingerprint density at radius 2 is 2.24 bits per heavy atom. The van der Waals surface area contributed by atoms with Gasteiger partial charge < -0.3 is 9.67 Å². The lowest BCUT2D eigenvalue weighted by molar-refractivity contribution is -0.131. The summed E-state index contributed by atoms with van der Waals surface area (Å²) < 4.78 is 2.04. The van der Waals surface area contributed by atoms with Crippen molar-refractivity contribution in [3.63, 3.8) is 0 Å². The van der Waals surface area contributed by atoms with Gasteiger partial charge >= 0.3 is 5.97 Å². The van der Waals surface area contributed by atoms with Crippen LogP contribution in [0.5, 0.6) is 0 Å². The molecule has 0 amide bonds. The zero-order valence-electron chi connectivity index (χ0n) is 9.63. The van der Waals surface area contributed by atoms with E-state index in [2.05, 4.69) is 4.98 Å². The zero-order valence-corrected chi connectivity index (χ0v) is 9.63. The summed E-state index contributed by atoms with van der Waals surface area (Å²) in [6, 6.07) is 7.87. The lowest BCUT2D eigenvalue weighted by Gasteiger charge is -2.03. The summed E-state index contributed by atoms with van der Waals surface area (Å²) in [5.74, 6) is 0.0497. The zero-order chi connectivity index (χ0) is 12.3. The minimum atomic E-state index is -0.924. The molecule has 0 atom stereocenters. The number of carboxylic acids is 1. The largest absolute Gasteiger partial charge is 0.478 e. The Labute approximate surface area is 99.2 Å². The molecule has 0 aliphatic rings. The highest BCUT2D eigenvalue weighted by Gasteiger charge is 2.06. The minimum absolute atomic E-state index is 0.538. The molecule has 0 radical (unpaired) electrons. The van der Waals surface area contributed by atoms with Crippen molar-refractivity contribution in [3.05, 3.63) is 42.2 Å². The maximum Gasteiger partial charge on any atom is 0.328 e. The van der Waals surface area contributed by atoms with Crippen LogP contribution in [-0.2, 0) is 17.8 Å². The number of hydrogen-bond donors (Lipinski definition) is 1. The predicted molar refractivity (Wildman–Crippen MR) is 65.9 cm³/mol. The molecule has 2 rings (SSSR count). The highest BCUT2D eigenvalue weighted by Crippen LogP contribution is 2.16. The van der Waals surface area contributed by atoms with Crippen LogP contribution in [0.1, 0.15) is 12.7 Å². The van der Waals surface area contributed by atoms with Gasteiger partial charge in [-0.15, -0.1) is 0 Å². The van der Waals surface area contributed by atoms with E-state index in [4.69, 9.17) is 5.11 Å². The second kappa shape index (κ2) is 4.82. The monoisotopic (exact) mass is 230 g/mol. The van der Waals surface area contributed by atoms with Crippen molar-refractivity contribution in [2.75, 3.05) is 0 Å². The molecule has 2 aromatic rings. The number of hydrogen-bond acceptors (Lipinski definition) is 2. The van der Waals surface area contributed by atoms with Gasteiger partial charge in [0.1, 0.15) is 5.82 Å². The number of carbonyl (C=O) groups is 1. The topological polar surface area (TPSA) is 55.1 Å². The SMILES string of the molecule is CCc1nc2ccccc2n1CC=CC(=O)O. The van der Waals surface area contributed by atoms with Gasteiger partial charge in [0, 0.05) is 19.0 Å². The summed E-state index contributed by atoms with van der Waals surface area (Å²) in [6.45, 7) is 2.58. The fourth-order valence-electron chi connectivity index (χ4n) is 1.86. The normalized spacial score (nSPS) is 11.4. The Morgan fingerprint density at radius 3 is 2.94 bits per heavy atom. The van der Waals surface area contributed by atoms with Crippen molar-refractivity contribution >= 4 is 17.0 Å². The number of allylic oxidation sites excluding steroid dienone is 1. The maximum absolute atomic E-state index is 10.4. The standard InChI is InChI=1S/C13H14N2O2/c1-2-12-14-10-6-3-4-7-11(10)15(12)9-5-8-13(16)17/h3-8H,2,9H2,1H3,(H,16,17). The molecule has 4 nitrogen and oxygen atoms in total. The summed E-state index contributed by atoms with van der Waals surface area (Å²) in [5.41, 5.74) is 1.99. The van der Waals surface area contributed by atoms with Gasteiger partial charge in [-0.05, 0) is 12.1 Å². The number of fused-ring (bicyclic) bond motifs is 1. The first-order valence-electron chi connectivity index (χ1n) is 5.56. The van der Waals surface area contributed by atoms with Gasteiger partial charge in [-0.25, -0.2) is 9.78 Å². The Hall–Kier alpha value is -2.10. The molecule has 1 N–H and O–H groups in total. The number of para-hydroxylation sites is 2. The fourth-order valence-corrected chi connectivity index (χ4v) is 1.86. The van der Waals surface area contributed by atoms with Crippen LogP contribution in [0.15, 0.2) is 36.4 Å². The van der Waals surface area contributed by atoms with E-state index in [0.29, 0.717) is 6.54 Å². The number of carboxylic acid groups (broad SMARTS) is 1. The van der Waals surface area contributed by atoms with Crippen LogP contribution in [0.25, 0.3) is 11.0 Å². The molecule has 0 bridgehead atoms. The average molecular weight is 230 g/mol. The van der Waals surface area contributed by atoms with Crippen LogP contribution in [0.3, 0.4) is 0 Å². The molecule has 1 heterocycles. The second-order valence-corrected chi connectivity index (χ2v) is 3.72. The summed E-state index contributed by atoms with van der Waals surface area (Å²) in [5, 5.41) is 8.57. The Balaban J connectivity index is 2.40. The summed E-state index contributed by atoms with van der Waals surface area (Å²) in [4.78, 5) is 14.9. The van der Waals surface area contributed by atoms with E-state index in [1.807, 2.05) is 35.8 Å². The van der Waals surface area contributed by atoms with Crippen LogP contribution < -0.4 is 0 Å². The van der Waals surface area contributed by atoms with Crippen LogP contribution >= 0.6 is 0 Å². The summed E-state index contributed by atoms with van der Waals surface area (Å²) >= 11 is 0. The van der Waals surface area contributed by atoms with E-state index in [9.17, 15) is 4.79 Å². The molecular weight excluding hydrogens is 216 g/mol. The number of aliphatic carboxylic acids is 1. The fraction of sp³-hybridized carbons (Fsp3) is 0.231. The molecule has 4 heteroatoms. The van der Waals surface area contributed by atoms with E-state index in [-0.39, 0.29) is 0 Å². The highest BCUT2D eigenvalue weighted by molar-refractivity contribution is 5.80. The third kappa shape index (κ3) is 2.36. The number of rotatable bonds is 4. The molecule has 0 unspecified atom stereocenters. The quantitative estimate of drug-likeness (QED) is 0.819. The van der Waals surface area contributed by atoms with Crippen molar-refractivity contribution < 1.29 is 9.90 Å². The number of aromatic nitrogens is 2. The van der Waals surface area contributed by atoms with Crippen molar-refractivity contribution in [1.29, 1.82) is 0 Å². The average Bonchev–Trinajstić information content (AvgIpc) is 2.67. The van der Waals surface area contributed by atoms with Crippen LogP contribution in [0.4, 0.5) is 0 Å². The van der Waals surface area contributed by atoms with Crippen LogP contribution in [0, 0.1) is 0 Å². The van der Waals surface area contributed by atoms with Gasteiger partial charge in [0.05, 0.1) is 11.0 Å². The van der Waals surface area contributed by atoms with Crippen molar-refractivity contribution in [2.45, 2.75) is 19.9 Å². The van der Waals surface area contributed by atoms with E-state index in [1.54, 1.807) is 6.08 Å².